The zero-order chi connectivity index (χ0) is 19.7. The average molecular weight is 415 g/mol. The largest absolute Gasteiger partial charge is 0.469 e. The molecule has 1 aliphatic carbocycles. The van der Waals surface area contributed by atoms with E-state index in [2.05, 4.69) is 11.9 Å². The number of fused-ring (bicyclic) bond motifs is 1. The Hall–Kier alpha value is -2.44. The van der Waals surface area contributed by atoms with Crippen molar-refractivity contribution < 1.29 is 14.3 Å². The molecule has 0 N–H and O–H groups in total. The average Bonchev–Trinajstić information content (AvgIpc) is 3.28. The minimum atomic E-state index is -0.268. The van der Waals surface area contributed by atoms with Gasteiger partial charge in [-0.15, -0.1) is 11.3 Å². The molecule has 144 valence electrons. The lowest BCUT2D eigenvalue weighted by molar-refractivity contribution is -0.139. The maximum atomic E-state index is 11.4. The highest BCUT2D eigenvalue weighted by Gasteiger charge is 2.26. The highest BCUT2D eigenvalue weighted by atomic mass is 35.5. The SMILES string of the molecule is COC(=O)Cc1ccc(Oc2nc(-c3ccc(Cl)s3)nc3c2CC(C)C3)cc1. The van der Waals surface area contributed by atoms with Gasteiger partial charge in [-0.05, 0) is 48.6 Å². The Bertz CT molecular complexity index is 1020. The predicted molar refractivity (Wildman–Crippen MR) is 109 cm³/mol. The zero-order valence-corrected chi connectivity index (χ0v) is 17.1. The number of hydrogen-bond donors (Lipinski definition) is 0. The number of carbonyl (C=O) groups is 1. The van der Waals surface area contributed by atoms with Crippen LogP contribution in [0.2, 0.25) is 4.34 Å². The minimum Gasteiger partial charge on any atom is -0.469 e. The third-order valence-electron chi connectivity index (χ3n) is 4.66. The summed E-state index contributed by atoms with van der Waals surface area (Å²) in [6.07, 6.45) is 2.05. The van der Waals surface area contributed by atoms with Crippen molar-refractivity contribution in [2.75, 3.05) is 7.11 Å². The maximum absolute atomic E-state index is 11.4. The second-order valence-corrected chi connectivity index (χ2v) is 8.61. The van der Waals surface area contributed by atoms with E-state index in [4.69, 9.17) is 26.1 Å². The van der Waals surface area contributed by atoms with Crippen LogP contribution in [0, 0.1) is 5.92 Å². The second-order valence-electron chi connectivity index (χ2n) is 6.89. The van der Waals surface area contributed by atoms with Crippen LogP contribution in [-0.2, 0) is 28.8 Å². The first-order valence-electron chi connectivity index (χ1n) is 9.01. The number of methoxy groups -OCH3 is 1. The Morgan fingerprint density at radius 3 is 2.64 bits per heavy atom. The number of ether oxygens (including phenoxy) is 2. The molecule has 1 aliphatic rings. The quantitative estimate of drug-likeness (QED) is 0.543. The van der Waals surface area contributed by atoms with Gasteiger partial charge in [0.2, 0.25) is 5.88 Å². The summed E-state index contributed by atoms with van der Waals surface area (Å²) in [7, 11) is 1.38. The molecular weight excluding hydrogens is 396 g/mol. The normalized spacial score (nSPS) is 15.3. The summed E-state index contributed by atoms with van der Waals surface area (Å²) in [4.78, 5) is 21.8. The van der Waals surface area contributed by atoms with E-state index < -0.39 is 0 Å². The summed E-state index contributed by atoms with van der Waals surface area (Å²) >= 11 is 7.53. The fourth-order valence-corrected chi connectivity index (χ4v) is 4.26. The number of rotatable bonds is 5. The van der Waals surface area contributed by atoms with Crippen LogP contribution in [0.1, 0.15) is 23.7 Å². The van der Waals surface area contributed by atoms with Crippen LogP contribution in [-0.4, -0.2) is 23.0 Å². The van der Waals surface area contributed by atoms with Crippen LogP contribution in [0.4, 0.5) is 0 Å². The summed E-state index contributed by atoms with van der Waals surface area (Å²) in [5.74, 6) is 2.15. The highest BCUT2D eigenvalue weighted by molar-refractivity contribution is 7.19. The van der Waals surface area contributed by atoms with Gasteiger partial charge in [0, 0.05) is 5.56 Å². The smallest absolute Gasteiger partial charge is 0.309 e. The molecule has 1 atom stereocenters. The fraction of sp³-hybridized carbons (Fsp3) is 0.286. The molecule has 0 saturated carbocycles. The lowest BCUT2D eigenvalue weighted by atomic mass is 10.1. The molecule has 0 spiro atoms. The van der Waals surface area contributed by atoms with Gasteiger partial charge in [0.15, 0.2) is 5.82 Å². The second kappa shape index (κ2) is 7.89. The number of esters is 1. The maximum Gasteiger partial charge on any atom is 0.309 e. The van der Waals surface area contributed by atoms with Crippen molar-refractivity contribution in [3.63, 3.8) is 0 Å². The van der Waals surface area contributed by atoms with Crippen molar-refractivity contribution in [2.45, 2.75) is 26.2 Å². The third-order valence-corrected chi connectivity index (χ3v) is 5.88. The Morgan fingerprint density at radius 1 is 1.18 bits per heavy atom. The summed E-state index contributed by atoms with van der Waals surface area (Å²) in [6.45, 7) is 2.20. The van der Waals surface area contributed by atoms with E-state index in [0.29, 0.717) is 27.7 Å². The van der Waals surface area contributed by atoms with Gasteiger partial charge in [0.1, 0.15) is 5.75 Å². The molecule has 1 aromatic carbocycles. The Morgan fingerprint density at radius 2 is 1.96 bits per heavy atom. The molecule has 0 amide bonds. The van der Waals surface area contributed by atoms with Gasteiger partial charge < -0.3 is 9.47 Å². The van der Waals surface area contributed by atoms with Crippen molar-refractivity contribution in [1.82, 2.24) is 9.97 Å². The molecule has 0 radical (unpaired) electrons. The summed E-state index contributed by atoms with van der Waals surface area (Å²) in [5.41, 5.74) is 2.98. The van der Waals surface area contributed by atoms with E-state index in [9.17, 15) is 4.79 Å². The molecule has 0 fully saturated rings. The van der Waals surface area contributed by atoms with E-state index in [1.165, 1.54) is 18.4 Å². The van der Waals surface area contributed by atoms with Gasteiger partial charge in [-0.2, -0.15) is 4.98 Å². The highest BCUT2D eigenvalue weighted by Crippen LogP contribution is 2.37. The van der Waals surface area contributed by atoms with E-state index >= 15 is 0 Å². The Labute approximate surface area is 172 Å². The molecule has 7 heteroatoms. The molecule has 5 nitrogen and oxygen atoms in total. The molecule has 0 aliphatic heterocycles. The Balaban J connectivity index is 1.63. The van der Waals surface area contributed by atoms with Crippen LogP contribution < -0.4 is 4.74 Å². The number of halogens is 1. The van der Waals surface area contributed by atoms with E-state index in [0.717, 1.165) is 34.5 Å². The number of aromatic nitrogens is 2. The lowest BCUT2D eigenvalue weighted by Crippen LogP contribution is -2.04. The Kier molecular flexibility index (Phi) is 5.33. The van der Waals surface area contributed by atoms with Crippen molar-refractivity contribution >= 4 is 28.9 Å². The summed E-state index contributed by atoms with van der Waals surface area (Å²) < 4.78 is 11.5. The number of thiophene rings is 1. The molecule has 2 aromatic heterocycles. The zero-order valence-electron chi connectivity index (χ0n) is 15.6. The van der Waals surface area contributed by atoms with Crippen LogP contribution in [0.15, 0.2) is 36.4 Å². The van der Waals surface area contributed by atoms with E-state index in [-0.39, 0.29) is 12.4 Å². The first kappa shape index (κ1) is 18.9. The van der Waals surface area contributed by atoms with Crippen molar-refractivity contribution in [3.8, 4) is 22.3 Å². The number of carbonyl (C=O) groups excluding carboxylic acids is 1. The van der Waals surface area contributed by atoms with Gasteiger partial charge in [0.25, 0.3) is 0 Å². The monoisotopic (exact) mass is 414 g/mol. The van der Waals surface area contributed by atoms with Crippen molar-refractivity contribution in [1.29, 1.82) is 0 Å². The summed E-state index contributed by atoms with van der Waals surface area (Å²) in [6, 6.07) is 11.2. The molecule has 28 heavy (non-hydrogen) atoms. The molecule has 2 heterocycles. The van der Waals surface area contributed by atoms with Gasteiger partial charge in [-0.1, -0.05) is 30.7 Å². The van der Waals surface area contributed by atoms with Crippen LogP contribution >= 0.6 is 22.9 Å². The number of nitrogens with zero attached hydrogens (tertiary/aromatic N) is 2. The van der Waals surface area contributed by atoms with Gasteiger partial charge in [0.05, 0.1) is 28.4 Å². The van der Waals surface area contributed by atoms with E-state index in [1.807, 2.05) is 36.4 Å². The molecule has 1 unspecified atom stereocenters. The predicted octanol–water partition coefficient (Wildman–Crippen LogP) is 5.10. The van der Waals surface area contributed by atoms with Gasteiger partial charge >= 0.3 is 5.97 Å². The standard InChI is InChI=1S/C21H19ClN2O3S/c1-12-9-15-16(10-12)23-20(17-7-8-18(22)28-17)24-21(15)27-14-5-3-13(4-6-14)11-19(25)26-2/h3-8,12H,9-11H2,1-2H3. The molecule has 0 bridgehead atoms. The van der Waals surface area contributed by atoms with Crippen LogP contribution in [0.3, 0.4) is 0 Å². The molecular formula is C21H19ClN2O3S. The van der Waals surface area contributed by atoms with E-state index in [1.54, 1.807) is 0 Å². The lowest BCUT2D eigenvalue weighted by Gasteiger charge is -2.11. The molecule has 0 saturated heterocycles. The summed E-state index contributed by atoms with van der Waals surface area (Å²) in [5, 5.41) is 0. The first-order chi connectivity index (χ1) is 13.5. The number of benzene rings is 1. The fourth-order valence-electron chi connectivity index (χ4n) is 3.29. The van der Waals surface area contributed by atoms with Crippen molar-refractivity contribution in [2.24, 2.45) is 5.92 Å². The van der Waals surface area contributed by atoms with Crippen LogP contribution in [0.5, 0.6) is 11.6 Å². The number of hydrogen-bond acceptors (Lipinski definition) is 6. The van der Waals surface area contributed by atoms with Crippen molar-refractivity contribution in [3.05, 3.63) is 57.6 Å². The first-order valence-corrected chi connectivity index (χ1v) is 10.2. The van der Waals surface area contributed by atoms with Gasteiger partial charge in [-0.3, -0.25) is 4.79 Å². The van der Waals surface area contributed by atoms with Gasteiger partial charge in [-0.25, -0.2) is 4.98 Å². The van der Waals surface area contributed by atoms with Crippen LogP contribution in [0.25, 0.3) is 10.7 Å². The molecule has 3 aromatic rings. The minimum absolute atomic E-state index is 0.237. The topological polar surface area (TPSA) is 61.3 Å². The molecule has 4 rings (SSSR count). The third kappa shape index (κ3) is 4.03.